The number of rotatable bonds is 3. The number of hydrogen-bond acceptors (Lipinski definition) is 4. The molecule has 1 aliphatic rings. The van der Waals surface area contributed by atoms with Gasteiger partial charge in [0.15, 0.2) is 17.5 Å². The van der Waals surface area contributed by atoms with Crippen LogP contribution < -0.4 is 0 Å². The van der Waals surface area contributed by atoms with E-state index >= 15 is 0 Å². The SMILES string of the molecule is CC1(C)CC(C)(C)c2cc(-c3nc(-c4ccc5c(c4)oc4ccccc45)nc(-c4cc5ccccc5c5ccccc45)n3)ccc21. The Balaban J connectivity index is 1.30. The summed E-state index contributed by atoms with van der Waals surface area (Å²) in [5.41, 5.74) is 7.55. The molecule has 2 aromatic heterocycles. The van der Waals surface area contributed by atoms with Gasteiger partial charge in [0, 0.05) is 27.5 Å². The van der Waals surface area contributed by atoms with Gasteiger partial charge in [-0.15, -0.1) is 0 Å². The molecule has 0 bridgehead atoms. The predicted molar refractivity (Wildman–Crippen MR) is 189 cm³/mol. The standard InChI is InChI=1S/C42H33N3O/c1-41(2)24-42(3,4)35-22-26(18-20-34(35)41)38-43-39(27-17-19-32-31-15-9-10-16-36(31)46-37(32)23-27)45-40(44-38)33-21-25-11-5-6-12-28(25)29-13-7-8-14-30(29)33/h5-23H,24H2,1-4H3. The first-order valence-corrected chi connectivity index (χ1v) is 16.0. The first-order valence-electron chi connectivity index (χ1n) is 16.0. The van der Waals surface area contributed by atoms with Gasteiger partial charge in [-0.05, 0) is 80.3 Å². The molecule has 0 aliphatic heterocycles. The van der Waals surface area contributed by atoms with Crippen LogP contribution in [0.4, 0.5) is 0 Å². The lowest BCUT2D eigenvalue weighted by Gasteiger charge is -2.22. The topological polar surface area (TPSA) is 51.8 Å². The zero-order valence-electron chi connectivity index (χ0n) is 26.4. The first kappa shape index (κ1) is 27.0. The summed E-state index contributed by atoms with van der Waals surface area (Å²) in [4.78, 5) is 15.5. The third-order valence-electron chi connectivity index (χ3n) is 9.90. The fourth-order valence-corrected chi connectivity index (χ4v) is 7.99. The molecule has 9 rings (SSSR count). The number of furan rings is 1. The molecule has 0 saturated carbocycles. The summed E-state index contributed by atoms with van der Waals surface area (Å²) in [5, 5.41) is 6.86. The zero-order valence-corrected chi connectivity index (χ0v) is 26.4. The van der Waals surface area contributed by atoms with Crippen molar-refractivity contribution in [2.24, 2.45) is 0 Å². The van der Waals surface area contributed by atoms with Crippen molar-refractivity contribution in [3.05, 3.63) is 126 Å². The van der Waals surface area contributed by atoms with Gasteiger partial charge >= 0.3 is 0 Å². The van der Waals surface area contributed by atoms with Crippen LogP contribution in [0.25, 0.3) is 77.6 Å². The minimum Gasteiger partial charge on any atom is -0.456 e. The van der Waals surface area contributed by atoms with Crippen LogP contribution in [-0.4, -0.2) is 15.0 Å². The molecular formula is C42H33N3O. The average Bonchev–Trinajstić information content (AvgIpc) is 3.53. The highest BCUT2D eigenvalue weighted by Gasteiger charge is 2.41. The highest BCUT2D eigenvalue weighted by molar-refractivity contribution is 6.13. The van der Waals surface area contributed by atoms with Gasteiger partial charge in [-0.2, -0.15) is 0 Å². The maximum Gasteiger partial charge on any atom is 0.164 e. The van der Waals surface area contributed by atoms with E-state index in [9.17, 15) is 0 Å². The molecule has 0 saturated heterocycles. The fourth-order valence-electron chi connectivity index (χ4n) is 7.99. The number of benzene rings is 6. The number of aromatic nitrogens is 3. The number of nitrogens with zero attached hydrogens (tertiary/aromatic N) is 3. The van der Waals surface area contributed by atoms with Crippen molar-refractivity contribution in [1.82, 2.24) is 15.0 Å². The Kier molecular flexibility index (Phi) is 5.62. The number of hydrogen-bond donors (Lipinski definition) is 0. The van der Waals surface area contributed by atoms with Crippen LogP contribution >= 0.6 is 0 Å². The van der Waals surface area contributed by atoms with Crippen molar-refractivity contribution in [3.8, 4) is 34.2 Å². The van der Waals surface area contributed by atoms with Crippen LogP contribution in [0.15, 0.2) is 120 Å². The molecule has 4 heteroatoms. The zero-order chi connectivity index (χ0) is 31.2. The van der Waals surface area contributed by atoms with E-state index in [2.05, 4.69) is 125 Å². The average molecular weight is 596 g/mol. The van der Waals surface area contributed by atoms with Crippen LogP contribution in [0, 0.1) is 0 Å². The first-order chi connectivity index (χ1) is 22.2. The molecule has 0 amide bonds. The molecule has 4 nitrogen and oxygen atoms in total. The van der Waals surface area contributed by atoms with Gasteiger partial charge in [-0.25, -0.2) is 15.0 Å². The van der Waals surface area contributed by atoms with Gasteiger partial charge in [0.05, 0.1) is 0 Å². The Morgan fingerprint density at radius 1 is 0.478 bits per heavy atom. The molecule has 0 N–H and O–H groups in total. The molecule has 0 spiro atoms. The summed E-state index contributed by atoms with van der Waals surface area (Å²) >= 11 is 0. The Labute approximate surface area is 267 Å². The van der Waals surface area contributed by atoms with E-state index in [4.69, 9.17) is 19.4 Å². The minimum absolute atomic E-state index is 0.0639. The van der Waals surface area contributed by atoms with Crippen molar-refractivity contribution in [1.29, 1.82) is 0 Å². The fraction of sp³-hybridized carbons (Fsp3) is 0.167. The second kappa shape index (κ2) is 9.58. The quantitative estimate of drug-likeness (QED) is 0.191. The number of fused-ring (bicyclic) bond motifs is 7. The molecule has 0 fully saturated rings. The van der Waals surface area contributed by atoms with Gasteiger partial charge in [-0.3, -0.25) is 0 Å². The highest BCUT2D eigenvalue weighted by Crippen LogP contribution is 2.50. The molecule has 0 unspecified atom stereocenters. The van der Waals surface area contributed by atoms with Crippen molar-refractivity contribution in [2.75, 3.05) is 0 Å². The molecule has 0 atom stereocenters. The molecule has 8 aromatic rings. The lowest BCUT2D eigenvalue weighted by atomic mass is 9.82. The molecular weight excluding hydrogens is 562 g/mol. The van der Waals surface area contributed by atoms with E-state index in [1.165, 1.54) is 21.9 Å². The van der Waals surface area contributed by atoms with E-state index < -0.39 is 0 Å². The summed E-state index contributed by atoms with van der Waals surface area (Å²) in [7, 11) is 0. The Morgan fingerprint density at radius 3 is 1.87 bits per heavy atom. The molecule has 2 heterocycles. The van der Waals surface area contributed by atoms with Gasteiger partial charge < -0.3 is 4.42 Å². The summed E-state index contributed by atoms with van der Waals surface area (Å²) in [5.74, 6) is 1.96. The third-order valence-corrected chi connectivity index (χ3v) is 9.90. The van der Waals surface area contributed by atoms with Gasteiger partial charge in [0.25, 0.3) is 0 Å². The lowest BCUT2D eigenvalue weighted by molar-refractivity contribution is 0.403. The summed E-state index contributed by atoms with van der Waals surface area (Å²) < 4.78 is 6.27. The second-order valence-electron chi connectivity index (χ2n) is 14.0. The smallest absolute Gasteiger partial charge is 0.164 e. The molecule has 222 valence electrons. The normalized spacial score (nSPS) is 15.2. The molecule has 6 aromatic carbocycles. The van der Waals surface area contributed by atoms with Gasteiger partial charge in [0.1, 0.15) is 11.2 Å². The van der Waals surface area contributed by atoms with E-state index in [0.29, 0.717) is 17.5 Å². The van der Waals surface area contributed by atoms with Crippen LogP contribution in [0.2, 0.25) is 0 Å². The van der Waals surface area contributed by atoms with Crippen LogP contribution in [0.5, 0.6) is 0 Å². The summed E-state index contributed by atoms with van der Waals surface area (Å²) in [6.07, 6.45) is 1.10. The van der Waals surface area contributed by atoms with E-state index in [1.54, 1.807) is 0 Å². The monoisotopic (exact) mass is 595 g/mol. The van der Waals surface area contributed by atoms with Crippen LogP contribution in [-0.2, 0) is 10.8 Å². The maximum atomic E-state index is 6.27. The van der Waals surface area contributed by atoms with Crippen molar-refractivity contribution in [3.63, 3.8) is 0 Å². The van der Waals surface area contributed by atoms with Crippen LogP contribution in [0.1, 0.15) is 45.2 Å². The highest BCUT2D eigenvalue weighted by atomic mass is 16.3. The number of para-hydroxylation sites is 1. The van der Waals surface area contributed by atoms with E-state index in [1.807, 2.05) is 18.2 Å². The van der Waals surface area contributed by atoms with Crippen LogP contribution in [0.3, 0.4) is 0 Å². The third kappa shape index (κ3) is 4.10. The van der Waals surface area contributed by atoms with E-state index in [-0.39, 0.29) is 10.8 Å². The second-order valence-corrected chi connectivity index (χ2v) is 14.0. The van der Waals surface area contributed by atoms with Crippen molar-refractivity contribution in [2.45, 2.75) is 44.9 Å². The molecule has 46 heavy (non-hydrogen) atoms. The summed E-state index contributed by atoms with van der Waals surface area (Å²) in [6.45, 7) is 9.38. The van der Waals surface area contributed by atoms with Gasteiger partial charge in [0.2, 0.25) is 0 Å². The largest absolute Gasteiger partial charge is 0.456 e. The van der Waals surface area contributed by atoms with Crippen molar-refractivity contribution < 1.29 is 4.42 Å². The minimum atomic E-state index is 0.0639. The predicted octanol–water partition coefficient (Wildman–Crippen LogP) is 11.0. The van der Waals surface area contributed by atoms with Gasteiger partial charge in [-0.1, -0.05) is 113 Å². The van der Waals surface area contributed by atoms with E-state index in [0.717, 1.165) is 55.8 Å². The Bertz CT molecular complexity index is 2520. The van der Waals surface area contributed by atoms with Crippen molar-refractivity contribution >= 4 is 43.5 Å². The Morgan fingerprint density at radius 2 is 1.07 bits per heavy atom. The molecule has 1 aliphatic carbocycles. The lowest BCUT2D eigenvalue weighted by Crippen LogP contribution is -2.17. The molecule has 0 radical (unpaired) electrons. The summed E-state index contributed by atoms with van der Waals surface area (Å²) in [6, 6.07) is 40.5. The maximum absolute atomic E-state index is 6.27. The Hall–Kier alpha value is -5.35.